The largest absolute Gasteiger partial charge is 0.489 e. The van der Waals surface area contributed by atoms with Gasteiger partial charge in [0.15, 0.2) is 11.5 Å². The lowest BCUT2D eigenvalue weighted by molar-refractivity contribution is -0.164. The normalized spacial score (nSPS) is 24.1. The van der Waals surface area contributed by atoms with E-state index in [1.165, 1.54) is 12.1 Å². The topological polar surface area (TPSA) is 181 Å². The number of nitriles is 1. The third kappa shape index (κ3) is 7.42. The van der Waals surface area contributed by atoms with Gasteiger partial charge in [-0.3, -0.25) is 39.1 Å². The zero-order chi connectivity index (χ0) is 42.7. The zero-order valence-electron chi connectivity index (χ0n) is 34.0. The highest BCUT2D eigenvalue weighted by Crippen LogP contribution is 2.55. The van der Waals surface area contributed by atoms with Gasteiger partial charge in [-0.25, -0.2) is 4.39 Å². The van der Waals surface area contributed by atoms with Gasteiger partial charge in [0.1, 0.15) is 29.8 Å². The number of fused-ring (bicyclic) bond motifs is 1. The fraction of sp³-hybridized carbons (Fsp3) is 0.488. The standard InChI is InChI=1S/C43H47ClFN9O6/c1-42(2)40(43(3,4)41(42)60-27-6-5-25(22-46)29(44)21-27)48-36(56)31-7-9-33(50-49-31)53-13-11-24(12-14-53)23-51-15-17-52(18-16-51)26-19-28-35(30(45)20-26)39(59)54(38(28)58)32-8-10-34(55)47-37(32)57/h5-7,9,19-21,24,32,40-41H,8,10-18,23H2,1-4H3,(H,48,56)(H,47,55,57)/t32?,40-,41-. The van der Waals surface area contributed by atoms with Crippen molar-refractivity contribution >= 4 is 52.6 Å². The Morgan fingerprint density at radius 2 is 1.65 bits per heavy atom. The molecule has 0 spiro atoms. The van der Waals surface area contributed by atoms with Crippen molar-refractivity contribution < 1.29 is 33.1 Å². The SMILES string of the molecule is CC1(C)[C@H](NC(=O)c2ccc(N3CCC(CN4CCN(c5cc(F)c6c(c5)C(=O)N(C5CCC(=O)NC5=O)C6=O)CC4)CC3)nn2)C(C)(C)[C@H]1Oc1ccc(C#N)c(Cl)c1. The summed E-state index contributed by atoms with van der Waals surface area (Å²) in [7, 11) is 0. The molecule has 2 aromatic carbocycles. The van der Waals surface area contributed by atoms with Crippen LogP contribution in [0.1, 0.15) is 90.1 Å². The molecule has 3 saturated heterocycles. The van der Waals surface area contributed by atoms with Crippen molar-refractivity contribution in [3.8, 4) is 11.8 Å². The molecular formula is C43H47ClFN9O6. The molecule has 60 heavy (non-hydrogen) atoms. The number of amides is 5. The number of piperazine rings is 1. The van der Waals surface area contributed by atoms with Crippen LogP contribution in [0.3, 0.4) is 0 Å². The van der Waals surface area contributed by atoms with Crippen molar-refractivity contribution in [1.82, 2.24) is 30.6 Å². The second kappa shape index (κ2) is 15.7. The van der Waals surface area contributed by atoms with E-state index in [1.807, 2.05) is 38.7 Å². The van der Waals surface area contributed by atoms with Gasteiger partial charge < -0.3 is 19.9 Å². The van der Waals surface area contributed by atoms with Crippen molar-refractivity contribution in [2.24, 2.45) is 16.7 Å². The molecule has 3 aromatic rings. The summed E-state index contributed by atoms with van der Waals surface area (Å²) in [6.07, 6.45) is 1.69. The molecule has 15 nitrogen and oxygen atoms in total. The molecule has 4 fully saturated rings. The number of anilines is 2. The summed E-state index contributed by atoms with van der Waals surface area (Å²) < 4.78 is 21.7. The Bertz CT molecular complexity index is 2280. The van der Waals surface area contributed by atoms with Crippen molar-refractivity contribution in [3.63, 3.8) is 0 Å². The molecule has 17 heteroatoms. The molecule has 5 heterocycles. The van der Waals surface area contributed by atoms with Crippen molar-refractivity contribution in [2.75, 3.05) is 55.6 Å². The zero-order valence-corrected chi connectivity index (χ0v) is 34.7. The van der Waals surface area contributed by atoms with E-state index in [4.69, 9.17) is 16.3 Å². The monoisotopic (exact) mass is 839 g/mol. The highest BCUT2D eigenvalue weighted by Gasteiger charge is 2.64. The molecule has 5 amide bonds. The Morgan fingerprint density at radius 3 is 2.28 bits per heavy atom. The molecule has 1 atom stereocenters. The number of nitrogens with zero attached hydrogens (tertiary/aromatic N) is 7. The molecule has 1 aromatic heterocycles. The Kier molecular flexibility index (Phi) is 10.8. The van der Waals surface area contributed by atoms with Crippen LogP contribution in [0.15, 0.2) is 42.5 Å². The van der Waals surface area contributed by atoms with Crippen LogP contribution in [0.2, 0.25) is 5.02 Å². The van der Waals surface area contributed by atoms with Crippen LogP contribution < -0.4 is 25.2 Å². The van der Waals surface area contributed by atoms with Gasteiger partial charge in [-0.1, -0.05) is 39.3 Å². The third-order valence-corrected chi connectivity index (χ3v) is 13.3. The van der Waals surface area contributed by atoms with Gasteiger partial charge >= 0.3 is 0 Å². The second-order valence-corrected chi connectivity index (χ2v) is 18.0. The van der Waals surface area contributed by atoms with Crippen LogP contribution in [0, 0.1) is 33.9 Å². The van der Waals surface area contributed by atoms with Gasteiger partial charge in [0, 0.05) is 80.9 Å². The highest BCUT2D eigenvalue weighted by atomic mass is 35.5. The van der Waals surface area contributed by atoms with Gasteiger partial charge in [-0.05, 0) is 61.6 Å². The van der Waals surface area contributed by atoms with E-state index in [1.54, 1.807) is 24.3 Å². The molecule has 0 radical (unpaired) electrons. The minimum Gasteiger partial charge on any atom is -0.489 e. The van der Waals surface area contributed by atoms with E-state index in [9.17, 15) is 29.2 Å². The van der Waals surface area contributed by atoms with Gasteiger partial charge in [-0.2, -0.15) is 5.26 Å². The number of imide groups is 2. The Morgan fingerprint density at radius 1 is 0.933 bits per heavy atom. The van der Waals surface area contributed by atoms with Crippen LogP contribution in [0.25, 0.3) is 0 Å². The van der Waals surface area contributed by atoms with E-state index in [0.29, 0.717) is 41.0 Å². The minimum atomic E-state index is -1.15. The summed E-state index contributed by atoms with van der Waals surface area (Å²) >= 11 is 6.23. The summed E-state index contributed by atoms with van der Waals surface area (Å²) in [5.41, 5.74) is -0.105. The fourth-order valence-corrected chi connectivity index (χ4v) is 10.2. The molecule has 5 aliphatic rings. The van der Waals surface area contributed by atoms with Gasteiger partial charge in [0.05, 0.1) is 21.7 Å². The Balaban J connectivity index is 0.799. The van der Waals surface area contributed by atoms with E-state index < -0.39 is 46.3 Å². The number of rotatable bonds is 9. The van der Waals surface area contributed by atoms with Gasteiger partial charge in [-0.15, -0.1) is 10.2 Å². The van der Waals surface area contributed by atoms with Crippen LogP contribution in [0.5, 0.6) is 5.75 Å². The number of piperidine rings is 2. The summed E-state index contributed by atoms with van der Waals surface area (Å²) in [5.74, 6) is -2.14. The lowest BCUT2D eigenvalue weighted by atomic mass is 9.49. The molecule has 1 saturated carbocycles. The molecule has 8 rings (SSSR count). The van der Waals surface area contributed by atoms with Crippen LogP contribution in [-0.2, 0) is 9.59 Å². The highest BCUT2D eigenvalue weighted by molar-refractivity contribution is 6.31. The molecule has 1 unspecified atom stereocenters. The number of halogens is 2. The van der Waals surface area contributed by atoms with Crippen LogP contribution in [-0.4, -0.2) is 114 Å². The summed E-state index contributed by atoms with van der Waals surface area (Å²) in [4.78, 5) is 71.2. The Hall–Kier alpha value is -5.66. The number of aromatic nitrogens is 2. The predicted octanol–water partition coefficient (Wildman–Crippen LogP) is 4.19. The fourth-order valence-electron chi connectivity index (χ4n) is 10.0. The number of carbonyl (C=O) groups excluding carboxylic acids is 5. The molecule has 1 aliphatic carbocycles. The number of hydrogen-bond donors (Lipinski definition) is 2. The van der Waals surface area contributed by atoms with E-state index in [0.717, 1.165) is 56.3 Å². The van der Waals surface area contributed by atoms with E-state index >= 15 is 4.39 Å². The molecule has 314 valence electrons. The van der Waals surface area contributed by atoms with Gasteiger partial charge in [0.25, 0.3) is 17.7 Å². The summed E-state index contributed by atoms with van der Waals surface area (Å²) in [6, 6.07) is 12.1. The summed E-state index contributed by atoms with van der Waals surface area (Å²) in [5, 5.41) is 23.6. The van der Waals surface area contributed by atoms with E-state index in [-0.39, 0.29) is 47.7 Å². The maximum absolute atomic E-state index is 15.4. The average Bonchev–Trinajstić information content (AvgIpc) is 3.48. The lowest BCUT2D eigenvalue weighted by Gasteiger charge is -2.63. The third-order valence-electron chi connectivity index (χ3n) is 13.0. The van der Waals surface area contributed by atoms with Crippen molar-refractivity contribution in [3.05, 3.63) is 75.7 Å². The Labute approximate surface area is 352 Å². The maximum atomic E-state index is 15.4. The smallest absolute Gasteiger partial charge is 0.272 e. The summed E-state index contributed by atoms with van der Waals surface area (Å²) in [6.45, 7) is 13.4. The lowest BCUT2D eigenvalue weighted by Crippen LogP contribution is -2.74. The van der Waals surface area contributed by atoms with Crippen molar-refractivity contribution in [1.29, 1.82) is 5.26 Å². The first-order chi connectivity index (χ1) is 28.6. The van der Waals surface area contributed by atoms with Crippen molar-refractivity contribution in [2.45, 2.75) is 71.6 Å². The number of nitrogens with one attached hydrogen (secondary N) is 2. The first-order valence-corrected chi connectivity index (χ1v) is 20.7. The maximum Gasteiger partial charge on any atom is 0.272 e. The molecule has 0 bridgehead atoms. The number of benzene rings is 2. The second-order valence-electron chi connectivity index (χ2n) is 17.6. The number of hydrogen-bond acceptors (Lipinski definition) is 12. The molecular weight excluding hydrogens is 793 g/mol. The molecule has 4 aliphatic heterocycles. The van der Waals surface area contributed by atoms with Crippen LogP contribution >= 0.6 is 11.6 Å². The first kappa shape index (κ1) is 41.1. The predicted molar refractivity (Wildman–Crippen MR) is 218 cm³/mol. The quantitative estimate of drug-likeness (QED) is 0.294. The molecule has 2 N–H and O–H groups in total. The van der Waals surface area contributed by atoms with E-state index in [2.05, 4.69) is 36.7 Å². The first-order valence-electron chi connectivity index (χ1n) is 20.3. The number of carbonyl (C=O) groups is 5. The van der Waals surface area contributed by atoms with Crippen LogP contribution in [0.4, 0.5) is 15.9 Å². The number of ether oxygens (including phenoxy) is 1. The van der Waals surface area contributed by atoms with Gasteiger partial charge in [0.2, 0.25) is 11.8 Å². The minimum absolute atomic E-state index is 0.00518. The average molecular weight is 840 g/mol.